The molecule has 0 aromatic rings. The molecule has 9 heavy (non-hydrogen) atoms. The lowest BCUT2D eigenvalue weighted by molar-refractivity contribution is -0.131. The smallest absolute Gasteiger partial charge is 0.195 e. The first-order valence-electron chi connectivity index (χ1n) is 2.64. The van der Waals surface area contributed by atoms with Gasteiger partial charge in [0.2, 0.25) is 0 Å². The average molecular weight is 128 g/mol. The highest BCUT2D eigenvalue weighted by atomic mass is 16.2. The molecule has 0 N–H and O–H groups in total. The first-order valence-corrected chi connectivity index (χ1v) is 2.64. The van der Waals surface area contributed by atoms with E-state index in [0.717, 1.165) is 0 Å². The van der Waals surface area contributed by atoms with Crippen LogP contribution in [-0.4, -0.2) is 18.4 Å². The molecule has 3 nitrogen and oxygen atoms in total. The fourth-order valence-electron chi connectivity index (χ4n) is 0.414. The number of carbonyl (C=O) groups excluding carboxylic acids is 3. The van der Waals surface area contributed by atoms with E-state index < -0.39 is 5.78 Å². The van der Waals surface area contributed by atoms with Gasteiger partial charge >= 0.3 is 0 Å². The van der Waals surface area contributed by atoms with Crippen LogP contribution in [0.4, 0.5) is 0 Å². The van der Waals surface area contributed by atoms with E-state index >= 15 is 0 Å². The molecule has 0 amide bonds. The first kappa shape index (κ1) is 8.01. The van der Waals surface area contributed by atoms with Crippen molar-refractivity contribution in [3.8, 4) is 0 Å². The van der Waals surface area contributed by atoms with Crippen LogP contribution in [0.15, 0.2) is 0 Å². The monoisotopic (exact) mass is 128 g/mol. The lowest BCUT2D eigenvalue weighted by atomic mass is 10.1. The summed E-state index contributed by atoms with van der Waals surface area (Å²) >= 11 is 0. The summed E-state index contributed by atoms with van der Waals surface area (Å²) in [6.45, 7) is 1.59. The van der Waals surface area contributed by atoms with Gasteiger partial charge < -0.3 is 4.79 Å². The highest BCUT2D eigenvalue weighted by molar-refractivity contribution is 6.25. The van der Waals surface area contributed by atoms with Crippen LogP contribution in [0.25, 0.3) is 0 Å². The molecule has 0 bridgehead atoms. The number of ketones is 1. The molecule has 50 valence electrons. The molecular formula is C6H8O3. The van der Waals surface area contributed by atoms with E-state index in [9.17, 15) is 14.4 Å². The van der Waals surface area contributed by atoms with Gasteiger partial charge in [-0.25, -0.2) is 0 Å². The molecule has 0 aliphatic rings. The number of carbonyl (C=O) groups is 3. The van der Waals surface area contributed by atoms with Gasteiger partial charge in [-0.3, -0.25) is 9.59 Å². The van der Waals surface area contributed by atoms with Crippen molar-refractivity contribution in [1.29, 1.82) is 0 Å². The van der Waals surface area contributed by atoms with Gasteiger partial charge in [0.1, 0.15) is 6.29 Å². The molecule has 0 fully saturated rings. The second-order valence-electron chi connectivity index (χ2n) is 1.90. The van der Waals surface area contributed by atoms with Crippen LogP contribution in [0, 0.1) is 5.92 Å². The summed E-state index contributed by atoms with van der Waals surface area (Å²) in [4.78, 5) is 29.8. The Morgan fingerprint density at radius 1 is 1.56 bits per heavy atom. The molecule has 0 spiro atoms. The maximum absolute atomic E-state index is 10.3. The maximum atomic E-state index is 10.3. The molecule has 0 aliphatic heterocycles. The third-order valence-corrected chi connectivity index (χ3v) is 0.887. The van der Waals surface area contributed by atoms with Gasteiger partial charge in [0.05, 0.1) is 0 Å². The molecule has 0 aromatic heterocycles. The minimum absolute atomic E-state index is 0.0347. The van der Waals surface area contributed by atoms with Crippen molar-refractivity contribution in [3.05, 3.63) is 0 Å². The standard InChI is InChI=1S/C6H8O3/c1-5(3-7)2-6(9)4-8/h3-5H,2H2,1H3. The van der Waals surface area contributed by atoms with E-state index in [1.54, 1.807) is 6.92 Å². The molecule has 0 heterocycles. The van der Waals surface area contributed by atoms with Gasteiger partial charge in [-0.15, -0.1) is 0 Å². The van der Waals surface area contributed by atoms with Crippen LogP contribution in [0.2, 0.25) is 0 Å². The minimum atomic E-state index is -0.519. The Kier molecular flexibility index (Phi) is 3.51. The lowest BCUT2D eigenvalue weighted by Gasteiger charge is -1.93. The Morgan fingerprint density at radius 2 is 2.11 bits per heavy atom. The van der Waals surface area contributed by atoms with Gasteiger partial charge in [0, 0.05) is 12.3 Å². The van der Waals surface area contributed by atoms with E-state index in [1.807, 2.05) is 0 Å². The Hall–Kier alpha value is -0.990. The number of rotatable bonds is 4. The summed E-state index contributed by atoms with van der Waals surface area (Å²) in [6, 6.07) is 0. The molecule has 1 unspecified atom stereocenters. The zero-order valence-electron chi connectivity index (χ0n) is 5.16. The van der Waals surface area contributed by atoms with Crippen molar-refractivity contribution in [2.45, 2.75) is 13.3 Å². The Bertz CT molecular complexity index is 128. The Balaban J connectivity index is 3.58. The molecule has 0 aliphatic carbocycles. The quantitative estimate of drug-likeness (QED) is 0.395. The summed E-state index contributed by atoms with van der Waals surface area (Å²) in [5, 5.41) is 0. The van der Waals surface area contributed by atoms with Gasteiger partial charge in [0.25, 0.3) is 0 Å². The summed E-state index contributed by atoms with van der Waals surface area (Å²) in [5.41, 5.74) is 0. The van der Waals surface area contributed by atoms with Crippen LogP contribution < -0.4 is 0 Å². The number of hydrogen-bond donors (Lipinski definition) is 0. The van der Waals surface area contributed by atoms with E-state index in [2.05, 4.69) is 0 Å². The fraction of sp³-hybridized carbons (Fsp3) is 0.500. The molecule has 0 saturated carbocycles. The van der Waals surface area contributed by atoms with Crippen molar-refractivity contribution in [1.82, 2.24) is 0 Å². The van der Waals surface area contributed by atoms with Gasteiger partial charge in [-0.05, 0) is 0 Å². The molecule has 0 radical (unpaired) electrons. The fourth-order valence-corrected chi connectivity index (χ4v) is 0.414. The second-order valence-corrected chi connectivity index (χ2v) is 1.90. The minimum Gasteiger partial charge on any atom is -0.303 e. The van der Waals surface area contributed by atoms with E-state index in [1.165, 1.54) is 0 Å². The third-order valence-electron chi connectivity index (χ3n) is 0.887. The summed E-state index contributed by atoms with van der Waals surface area (Å²) in [5.74, 6) is -0.850. The summed E-state index contributed by atoms with van der Waals surface area (Å²) < 4.78 is 0. The molecule has 0 saturated heterocycles. The highest BCUT2D eigenvalue weighted by Crippen LogP contribution is 1.95. The van der Waals surface area contributed by atoms with Gasteiger partial charge in [0.15, 0.2) is 12.1 Å². The summed E-state index contributed by atoms with van der Waals surface area (Å²) in [6.07, 6.45) is 0.925. The molecule has 0 aromatic carbocycles. The van der Waals surface area contributed by atoms with Gasteiger partial charge in [-0.1, -0.05) is 6.92 Å². The van der Waals surface area contributed by atoms with Gasteiger partial charge in [-0.2, -0.15) is 0 Å². The highest BCUT2D eigenvalue weighted by Gasteiger charge is 2.05. The normalized spacial score (nSPS) is 12.1. The van der Waals surface area contributed by atoms with Crippen LogP contribution in [0.5, 0.6) is 0 Å². The Labute approximate surface area is 53.0 Å². The SMILES string of the molecule is CC(C=O)CC(=O)C=O. The van der Waals surface area contributed by atoms with Crippen LogP contribution >= 0.6 is 0 Å². The lowest BCUT2D eigenvalue weighted by Crippen LogP contribution is -2.06. The predicted molar refractivity (Wildman–Crippen MR) is 30.9 cm³/mol. The van der Waals surface area contributed by atoms with E-state index in [4.69, 9.17) is 0 Å². The topological polar surface area (TPSA) is 51.2 Å². The van der Waals surface area contributed by atoms with Crippen molar-refractivity contribution < 1.29 is 14.4 Å². The number of Topliss-reactive ketones (excluding diaryl/α,β-unsaturated/α-hetero) is 1. The van der Waals surface area contributed by atoms with E-state index in [0.29, 0.717) is 6.29 Å². The number of aldehydes is 2. The molecule has 3 heteroatoms. The summed E-state index contributed by atoms with van der Waals surface area (Å²) in [7, 11) is 0. The average Bonchev–Trinajstić information content (AvgIpc) is 1.87. The Morgan fingerprint density at radius 3 is 2.44 bits per heavy atom. The second kappa shape index (κ2) is 3.95. The van der Waals surface area contributed by atoms with Crippen LogP contribution in [0.3, 0.4) is 0 Å². The largest absolute Gasteiger partial charge is 0.303 e. The first-order chi connectivity index (χ1) is 4.20. The zero-order chi connectivity index (χ0) is 7.28. The third kappa shape index (κ3) is 3.58. The van der Waals surface area contributed by atoms with Crippen LogP contribution in [0.1, 0.15) is 13.3 Å². The van der Waals surface area contributed by atoms with Crippen molar-refractivity contribution in [2.75, 3.05) is 0 Å². The molecule has 0 rings (SSSR count). The molecule has 1 atom stereocenters. The van der Waals surface area contributed by atoms with Crippen LogP contribution in [-0.2, 0) is 14.4 Å². The van der Waals surface area contributed by atoms with E-state index in [-0.39, 0.29) is 18.6 Å². The van der Waals surface area contributed by atoms with Crippen molar-refractivity contribution >= 4 is 18.4 Å². The van der Waals surface area contributed by atoms with Crippen molar-refractivity contribution in [2.24, 2.45) is 5.92 Å². The molecular weight excluding hydrogens is 120 g/mol. The zero-order valence-corrected chi connectivity index (χ0v) is 5.16. The predicted octanol–water partition coefficient (Wildman–Crippen LogP) is -0.0205. The van der Waals surface area contributed by atoms with Crippen molar-refractivity contribution in [3.63, 3.8) is 0 Å². The maximum Gasteiger partial charge on any atom is 0.195 e. The number of hydrogen-bond acceptors (Lipinski definition) is 3.